The first-order valence-electron chi connectivity index (χ1n) is 4.03. The quantitative estimate of drug-likeness (QED) is 0.408. The molecule has 0 saturated heterocycles. The molecule has 0 fully saturated rings. The molecule has 0 spiro atoms. The number of hydrogen-bond acceptors (Lipinski definition) is 3. The van der Waals surface area contributed by atoms with E-state index in [1.165, 1.54) is 0 Å². The third-order valence-electron chi connectivity index (χ3n) is 2.21. The van der Waals surface area contributed by atoms with Gasteiger partial charge >= 0.3 is 0 Å². The second-order valence-electron chi connectivity index (χ2n) is 3.06. The minimum absolute atomic E-state index is 0.123. The number of rotatable bonds is 1. The van der Waals surface area contributed by atoms with Crippen molar-refractivity contribution in [1.82, 2.24) is 5.32 Å². The van der Waals surface area contributed by atoms with Crippen molar-refractivity contribution >= 4 is 40.5 Å². The summed E-state index contributed by atoms with van der Waals surface area (Å²) in [6.45, 7) is 0. The molecule has 1 aliphatic heterocycles. The number of alkyl halides is 1. The molecule has 1 N–H and O–H groups in total. The maximum Gasteiger partial charge on any atom is 0.260 e. The average Bonchev–Trinajstić information content (AvgIpc) is 2.44. The van der Waals surface area contributed by atoms with Crippen molar-refractivity contribution in [2.24, 2.45) is 5.92 Å². The first kappa shape index (κ1) is 9.55. The molecule has 0 radical (unpaired) electrons. The zero-order valence-electron chi connectivity index (χ0n) is 7.04. The van der Waals surface area contributed by atoms with Crippen LogP contribution >= 0.6 is 23.8 Å². The molecule has 14 heavy (non-hydrogen) atoms. The Bertz CT molecular complexity index is 411. The van der Waals surface area contributed by atoms with Crippen LogP contribution in [0.2, 0.25) is 0 Å². The molecule has 5 heteroatoms. The van der Waals surface area contributed by atoms with E-state index in [1.807, 2.05) is 0 Å². The van der Waals surface area contributed by atoms with E-state index >= 15 is 0 Å². The lowest BCUT2D eigenvalue weighted by Gasteiger charge is -2.14. The zero-order valence-corrected chi connectivity index (χ0v) is 8.61. The number of carbonyl (C=O) groups is 2. The third-order valence-corrected chi connectivity index (χ3v) is 3.05. The van der Waals surface area contributed by atoms with Crippen molar-refractivity contribution in [3.63, 3.8) is 0 Å². The van der Waals surface area contributed by atoms with Gasteiger partial charge in [-0.15, -0.1) is 11.6 Å². The maximum absolute atomic E-state index is 11.3. The van der Waals surface area contributed by atoms with Gasteiger partial charge in [-0.2, -0.15) is 0 Å². The third kappa shape index (κ3) is 1.22. The first-order valence-corrected chi connectivity index (χ1v) is 4.97. The normalized spacial score (nSPS) is 25.5. The first-order chi connectivity index (χ1) is 6.65. The lowest BCUT2D eigenvalue weighted by atomic mass is 9.91. The van der Waals surface area contributed by atoms with E-state index in [-0.39, 0.29) is 11.8 Å². The Morgan fingerprint density at radius 1 is 1.43 bits per heavy atom. The summed E-state index contributed by atoms with van der Waals surface area (Å²) in [4.78, 5) is 23.0. The Balaban J connectivity index is 2.48. The number of hydrogen-bond donors (Lipinski definition) is 1. The van der Waals surface area contributed by atoms with E-state index in [0.29, 0.717) is 21.9 Å². The molecule has 1 aliphatic carbocycles. The highest BCUT2D eigenvalue weighted by Crippen LogP contribution is 2.26. The Labute approximate surface area is 90.8 Å². The van der Waals surface area contributed by atoms with Gasteiger partial charge < -0.3 is 0 Å². The fourth-order valence-electron chi connectivity index (χ4n) is 1.48. The predicted octanol–water partition coefficient (Wildman–Crippen LogP) is 0.734. The van der Waals surface area contributed by atoms with Gasteiger partial charge in [-0.25, -0.2) is 0 Å². The zero-order chi connectivity index (χ0) is 10.3. The molecule has 2 aliphatic rings. The Morgan fingerprint density at radius 2 is 2.14 bits per heavy atom. The molecule has 72 valence electrons. The molecule has 2 rings (SSSR count). The Kier molecular flexibility index (Phi) is 2.25. The van der Waals surface area contributed by atoms with Crippen LogP contribution in [0.5, 0.6) is 0 Å². The molecule has 0 aromatic heterocycles. The van der Waals surface area contributed by atoms with Gasteiger partial charge in [0.05, 0.1) is 11.1 Å². The molecule has 2 amide bonds. The SMILES string of the molecule is O=C1NC(=O)C2=C1C=CC(CCl)C2=S. The van der Waals surface area contributed by atoms with Gasteiger partial charge in [0.2, 0.25) is 0 Å². The van der Waals surface area contributed by atoms with Crippen LogP contribution in [0.3, 0.4) is 0 Å². The summed E-state index contributed by atoms with van der Waals surface area (Å²) in [6, 6.07) is 0. The largest absolute Gasteiger partial charge is 0.288 e. The summed E-state index contributed by atoms with van der Waals surface area (Å²) in [5, 5.41) is 2.20. The van der Waals surface area contributed by atoms with Crippen LogP contribution < -0.4 is 5.32 Å². The number of allylic oxidation sites excluding steroid dienone is 1. The van der Waals surface area contributed by atoms with Crippen molar-refractivity contribution < 1.29 is 9.59 Å². The summed E-state index contributed by atoms with van der Waals surface area (Å²) in [7, 11) is 0. The fourth-order valence-corrected chi connectivity index (χ4v) is 2.19. The van der Waals surface area contributed by atoms with Gasteiger partial charge in [0.1, 0.15) is 0 Å². The summed E-state index contributed by atoms with van der Waals surface area (Å²) < 4.78 is 0. The average molecular weight is 228 g/mol. The Hall–Kier alpha value is -1.000. The van der Waals surface area contributed by atoms with E-state index in [4.69, 9.17) is 23.8 Å². The van der Waals surface area contributed by atoms with Crippen LogP contribution in [0.15, 0.2) is 23.3 Å². The van der Waals surface area contributed by atoms with E-state index in [1.54, 1.807) is 12.2 Å². The number of amides is 2. The minimum Gasteiger partial charge on any atom is -0.288 e. The molecule has 0 aromatic carbocycles. The summed E-state index contributed by atoms with van der Waals surface area (Å²) in [5.41, 5.74) is 0.680. The summed E-state index contributed by atoms with van der Waals surface area (Å²) >= 11 is 10.8. The van der Waals surface area contributed by atoms with E-state index in [0.717, 1.165) is 0 Å². The van der Waals surface area contributed by atoms with E-state index < -0.39 is 5.91 Å². The molecular formula is C9H6ClNO2S. The number of nitrogens with one attached hydrogen (secondary N) is 1. The number of imide groups is 1. The molecule has 0 aromatic rings. The second kappa shape index (κ2) is 3.29. The van der Waals surface area contributed by atoms with Crippen molar-refractivity contribution in [1.29, 1.82) is 0 Å². The van der Waals surface area contributed by atoms with Crippen molar-refractivity contribution in [3.8, 4) is 0 Å². The fraction of sp³-hybridized carbons (Fsp3) is 0.222. The molecule has 1 heterocycles. The van der Waals surface area contributed by atoms with Crippen molar-refractivity contribution in [2.45, 2.75) is 0 Å². The van der Waals surface area contributed by atoms with Crippen LogP contribution in [0.4, 0.5) is 0 Å². The summed E-state index contributed by atoms with van der Waals surface area (Å²) in [6.07, 6.45) is 3.37. The predicted molar refractivity (Wildman–Crippen MR) is 56.1 cm³/mol. The lowest BCUT2D eigenvalue weighted by Crippen LogP contribution is -2.26. The molecule has 0 bridgehead atoms. The maximum atomic E-state index is 11.3. The highest BCUT2D eigenvalue weighted by atomic mass is 35.5. The van der Waals surface area contributed by atoms with Gasteiger partial charge in [-0.3, -0.25) is 14.9 Å². The van der Waals surface area contributed by atoms with Crippen LogP contribution in [0, 0.1) is 5.92 Å². The van der Waals surface area contributed by atoms with Gasteiger partial charge in [-0.1, -0.05) is 24.4 Å². The van der Waals surface area contributed by atoms with Crippen molar-refractivity contribution in [3.05, 3.63) is 23.3 Å². The minimum atomic E-state index is -0.408. The molecule has 0 saturated carbocycles. The lowest BCUT2D eigenvalue weighted by molar-refractivity contribution is -0.123. The van der Waals surface area contributed by atoms with Gasteiger partial charge in [0, 0.05) is 16.7 Å². The topological polar surface area (TPSA) is 46.2 Å². The summed E-state index contributed by atoms with van der Waals surface area (Å²) in [5.74, 6) is -0.582. The highest BCUT2D eigenvalue weighted by molar-refractivity contribution is 7.81. The molecular weight excluding hydrogens is 222 g/mol. The monoisotopic (exact) mass is 227 g/mol. The van der Waals surface area contributed by atoms with Gasteiger partial charge in [0.15, 0.2) is 0 Å². The van der Waals surface area contributed by atoms with Crippen LogP contribution in [0.1, 0.15) is 0 Å². The van der Waals surface area contributed by atoms with Crippen LogP contribution in [0.25, 0.3) is 0 Å². The molecule has 1 unspecified atom stereocenters. The highest BCUT2D eigenvalue weighted by Gasteiger charge is 2.35. The number of carbonyl (C=O) groups excluding carboxylic acids is 2. The Morgan fingerprint density at radius 3 is 2.79 bits per heavy atom. The molecule has 3 nitrogen and oxygen atoms in total. The van der Waals surface area contributed by atoms with Gasteiger partial charge in [-0.05, 0) is 0 Å². The second-order valence-corrected chi connectivity index (χ2v) is 3.80. The number of thiocarbonyl (C=S) groups is 1. The van der Waals surface area contributed by atoms with E-state index in [2.05, 4.69) is 5.32 Å². The standard InChI is InChI=1S/C9H6ClNO2S/c10-3-4-1-2-5-6(7(4)14)9(13)11-8(5)12/h1-2,4H,3H2,(H,11,12,13). The number of halogens is 1. The molecule has 1 atom stereocenters. The van der Waals surface area contributed by atoms with Gasteiger partial charge in [0.25, 0.3) is 11.8 Å². The van der Waals surface area contributed by atoms with Crippen molar-refractivity contribution in [2.75, 3.05) is 5.88 Å². The van der Waals surface area contributed by atoms with Crippen LogP contribution in [-0.4, -0.2) is 22.6 Å². The van der Waals surface area contributed by atoms with E-state index in [9.17, 15) is 9.59 Å². The smallest absolute Gasteiger partial charge is 0.260 e. The van der Waals surface area contributed by atoms with Crippen LogP contribution in [-0.2, 0) is 9.59 Å².